The number of hydrogen-bond acceptors (Lipinski definition) is 4. The fourth-order valence-corrected chi connectivity index (χ4v) is 3.01. The van der Waals surface area contributed by atoms with E-state index in [1.807, 2.05) is 13.1 Å². The predicted octanol–water partition coefficient (Wildman–Crippen LogP) is 1.88. The molecule has 0 heterocycles. The highest BCUT2D eigenvalue weighted by molar-refractivity contribution is 7.89. The molecule has 1 aromatic rings. The number of rotatable bonds is 7. The van der Waals surface area contributed by atoms with Gasteiger partial charge in [-0.1, -0.05) is 6.92 Å². The van der Waals surface area contributed by atoms with Gasteiger partial charge in [0.2, 0.25) is 10.0 Å². The molecule has 0 aliphatic carbocycles. The van der Waals surface area contributed by atoms with E-state index in [0.717, 1.165) is 6.42 Å². The van der Waals surface area contributed by atoms with Crippen molar-refractivity contribution in [2.45, 2.75) is 38.1 Å². The van der Waals surface area contributed by atoms with Gasteiger partial charge < -0.3 is 4.90 Å². The molecule has 1 aromatic carbocycles. The summed E-state index contributed by atoms with van der Waals surface area (Å²) < 4.78 is 27.0. The van der Waals surface area contributed by atoms with Crippen molar-refractivity contribution in [1.29, 1.82) is 5.26 Å². The van der Waals surface area contributed by atoms with Crippen LogP contribution >= 0.6 is 0 Å². The monoisotopic (exact) mass is 309 g/mol. The van der Waals surface area contributed by atoms with E-state index in [1.165, 1.54) is 18.2 Å². The first-order valence-electron chi connectivity index (χ1n) is 7.02. The molecule has 1 atom stereocenters. The molecule has 1 unspecified atom stereocenters. The molecule has 0 aliphatic rings. The van der Waals surface area contributed by atoms with Crippen LogP contribution in [0.4, 0.5) is 0 Å². The Labute approximate surface area is 127 Å². The molecular weight excluding hydrogens is 286 g/mol. The van der Waals surface area contributed by atoms with Crippen LogP contribution in [0.25, 0.3) is 0 Å². The van der Waals surface area contributed by atoms with Crippen molar-refractivity contribution < 1.29 is 8.42 Å². The Morgan fingerprint density at radius 1 is 1.43 bits per heavy atom. The van der Waals surface area contributed by atoms with Gasteiger partial charge in [-0.05, 0) is 51.1 Å². The normalized spacial score (nSPS) is 13.1. The summed E-state index contributed by atoms with van der Waals surface area (Å²) in [5.41, 5.74) is 1.16. The zero-order valence-electron chi connectivity index (χ0n) is 13.0. The number of benzene rings is 1. The van der Waals surface area contributed by atoms with E-state index in [0.29, 0.717) is 30.3 Å². The van der Waals surface area contributed by atoms with Crippen molar-refractivity contribution in [3.8, 4) is 6.07 Å². The van der Waals surface area contributed by atoms with Crippen LogP contribution in [-0.4, -0.2) is 39.5 Å². The third-order valence-electron chi connectivity index (χ3n) is 3.73. The van der Waals surface area contributed by atoms with E-state index in [9.17, 15) is 8.42 Å². The molecule has 1 rings (SSSR count). The predicted molar refractivity (Wildman–Crippen MR) is 83.5 cm³/mol. The summed E-state index contributed by atoms with van der Waals surface area (Å²) in [5, 5.41) is 8.87. The molecule has 116 valence electrons. The quantitative estimate of drug-likeness (QED) is 0.834. The maximum Gasteiger partial charge on any atom is 0.240 e. The van der Waals surface area contributed by atoms with Gasteiger partial charge in [-0.2, -0.15) is 5.26 Å². The molecule has 5 nitrogen and oxygen atoms in total. The maximum atomic E-state index is 12.2. The van der Waals surface area contributed by atoms with Crippen molar-refractivity contribution in [2.24, 2.45) is 0 Å². The average Bonchev–Trinajstić information content (AvgIpc) is 2.45. The second-order valence-electron chi connectivity index (χ2n) is 5.22. The Kier molecular flexibility index (Phi) is 6.34. The topological polar surface area (TPSA) is 73.2 Å². The van der Waals surface area contributed by atoms with Gasteiger partial charge in [-0.3, -0.25) is 0 Å². The molecule has 6 heteroatoms. The van der Waals surface area contributed by atoms with Crippen LogP contribution < -0.4 is 4.72 Å². The van der Waals surface area contributed by atoms with Crippen LogP contribution in [0.1, 0.15) is 31.4 Å². The number of nitriles is 1. The molecule has 0 radical (unpaired) electrons. The lowest BCUT2D eigenvalue weighted by Crippen LogP contribution is -2.37. The summed E-state index contributed by atoms with van der Waals surface area (Å²) in [5.74, 6) is 0. The van der Waals surface area contributed by atoms with Gasteiger partial charge in [0, 0.05) is 19.1 Å². The van der Waals surface area contributed by atoms with E-state index in [4.69, 9.17) is 5.26 Å². The van der Waals surface area contributed by atoms with Crippen molar-refractivity contribution >= 4 is 10.0 Å². The van der Waals surface area contributed by atoms with Crippen molar-refractivity contribution in [2.75, 3.05) is 20.1 Å². The van der Waals surface area contributed by atoms with E-state index in [1.54, 1.807) is 6.92 Å². The van der Waals surface area contributed by atoms with Crippen LogP contribution in [0.2, 0.25) is 0 Å². The number of likely N-dealkylation sites (N-methyl/N-ethyl adjacent to an activating group) is 1. The second kappa shape index (κ2) is 7.55. The molecule has 0 fully saturated rings. The summed E-state index contributed by atoms with van der Waals surface area (Å²) in [6, 6.07) is 6.98. The standard InChI is InChI=1S/C15H23N3O2S/c1-5-13(3)18(4)9-8-17-21(19,20)15-7-6-14(11-16)12(2)10-15/h6-7,10,13,17H,5,8-9H2,1-4H3. The Morgan fingerprint density at radius 3 is 2.62 bits per heavy atom. The number of hydrogen-bond donors (Lipinski definition) is 1. The molecule has 0 bridgehead atoms. The first-order valence-corrected chi connectivity index (χ1v) is 8.50. The first kappa shape index (κ1) is 17.6. The molecule has 0 amide bonds. The van der Waals surface area contributed by atoms with Crippen molar-refractivity contribution in [1.82, 2.24) is 9.62 Å². The number of nitrogens with zero attached hydrogens (tertiary/aromatic N) is 2. The SMILES string of the molecule is CCC(C)N(C)CCNS(=O)(=O)c1ccc(C#N)c(C)c1. The molecule has 0 spiro atoms. The van der Waals surface area contributed by atoms with Crippen LogP contribution in [0, 0.1) is 18.3 Å². The minimum absolute atomic E-state index is 0.199. The number of sulfonamides is 1. The van der Waals surface area contributed by atoms with Crippen LogP contribution in [0.3, 0.4) is 0 Å². The highest BCUT2D eigenvalue weighted by Crippen LogP contribution is 2.14. The fraction of sp³-hybridized carbons (Fsp3) is 0.533. The van der Waals surface area contributed by atoms with Gasteiger partial charge in [0.05, 0.1) is 16.5 Å². The van der Waals surface area contributed by atoms with Crippen LogP contribution in [0.5, 0.6) is 0 Å². The molecule has 0 aliphatic heterocycles. The fourth-order valence-electron chi connectivity index (χ4n) is 1.90. The Bertz CT molecular complexity index is 620. The van der Waals surface area contributed by atoms with Gasteiger partial charge in [0.25, 0.3) is 0 Å². The van der Waals surface area contributed by atoms with Gasteiger partial charge >= 0.3 is 0 Å². The van der Waals surface area contributed by atoms with Crippen LogP contribution in [-0.2, 0) is 10.0 Å². The van der Waals surface area contributed by atoms with Gasteiger partial charge in [0.1, 0.15) is 0 Å². The molecule has 0 saturated heterocycles. The zero-order chi connectivity index (χ0) is 16.0. The molecule has 0 aromatic heterocycles. The summed E-state index contributed by atoms with van der Waals surface area (Å²) in [4.78, 5) is 2.32. The summed E-state index contributed by atoms with van der Waals surface area (Å²) in [6.45, 7) is 6.96. The van der Waals surface area contributed by atoms with Gasteiger partial charge in [-0.25, -0.2) is 13.1 Å². The third-order valence-corrected chi connectivity index (χ3v) is 5.19. The van der Waals surface area contributed by atoms with E-state index >= 15 is 0 Å². The summed E-state index contributed by atoms with van der Waals surface area (Å²) in [7, 11) is -1.54. The average molecular weight is 309 g/mol. The highest BCUT2D eigenvalue weighted by Gasteiger charge is 2.15. The van der Waals surface area contributed by atoms with E-state index < -0.39 is 10.0 Å². The minimum Gasteiger partial charge on any atom is -0.302 e. The van der Waals surface area contributed by atoms with Crippen molar-refractivity contribution in [3.05, 3.63) is 29.3 Å². The molecule has 0 saturated carbocycles. The summed E-state index contributed by atoms with van der Waals surface area (Å²) >= 11 is 0. The lowest BCUT2D eigenvalue weighted by atomic mass is 10.1. The molecular formula is C15H23N3O2S. The molecule has 1 N–H and O–H groups in total. The van der Waals surface area contributed by atoms with Gasteiger partial charge in [-0.15, -0.1) is 0 Å². The van der Waals surface area contributed by atoms with E-state index in [2.05, 4.69) is 23.5 Å². The summed E-state index contributed by atoms with van der Waals surface area (Å²) in [6.07, 6.45) is 1.03. The minimum atomic E-state index is -3.52. The van der Waals surface area contributed by atoms with Crippen LogP contribution in [0.15, 0.2) is 23.1 Å². The second-order valence-corrected chi connectivity index (χ2v) is 6.99. The zero-order valence-corrected chi connectivity index (χ0v) is 13.9. The maximum absolute atomic E-state index is 12.2. The highest BCUT2D eigenvalue weighted by atomic mass is 32.2. The molecule has 21 heavy (non-hydrogen) atoms. The Morgan fingerprint density at radius 2 is 2.10 bits per heavy atom. The largest absolute Gasteiger partial charge is 0.302 e. The first-order chi connectivity index (χ1) is 9.81. The van der Waals surface area contributed by atoms with Gasteiger partial charge in [0.15, 0.2) is 0 Å². The Hall–Kier alpha value is -1.42. The lowest BCUT2D eigenvalue weighted by molar-refractivity contribution is 0.256. The van der Waals surface area contributed by atoms with Crippen molar-refractivity contribution in [3.63, 3.8) is 0 Å². The number of nitrogens with one attached hydrogen (secondary N) is 1. The Balaban J connectivity index is 2.70. The smallest absolute Gasteiger partial charge is 0.240 e. The van der Waals surface area contributed by atoms with E-state index in [-0.39, 0.29) is 4.90 Å². The number of aryl methyl sites for hydroxylation is 1. The third kappa shape index (κ3) is 4.81. The lowest BCUT2D eigenvalue weighted by Gasteiger charge is -2.23.